The van der Waals surface area contributed by atoms with Gasteiger partial charge in [0, 0.05) is 19.6 Å². The number of hydrogen-bond acceptors (Lipinski definition) is 3. The fourth-order valence-electron chi connectivity index (χ4n) is 3.13. The van der Waals surface area contributed by atoms with Gasteiger partial charge in [0.25, 0.3) is 0 Å². The van der Waals surface area contributed by atoms with E-state index in [1.807, 2.05) is 6.07 Å². The molecule has 1 fully saturated rings. The summed E-state index contributed by atoms with van der Waals surface area (Å²) >= 11 is 0. The molecular formula is C16H26N4. The maximum atomic E-state index is 9.32. The van der Waals surface area contributed by atoms with E-state index >= 15 is 0 Å². The molecule has 1 saturated heterocycles. The molecule has 0 spiro atoms. The highest BCUT2D eigenvalue weighted by Gasteiger charge is 2.23. The lowest BCUT2D eigenvalue weighted by atomic mass is 10.0. The number of hydrogen-bond donors (Lipinski definition) is 1. The van der Waals surface area contributed by atoms with Crippen LogP contribution in [0.2, 0.25) is 0 Å². The predicted molar refractivity (Wildman–Crippen MR) is 83.7 cm³/mol. The molecular weight excluding hydrogens is 248 g/mol. The Bertz CT molecular complexity index is 483. The van der Waals surface area contributed by atoms with E-state index in [1.165, 1.54) is 25.7 Å². The van der Waals surface area contributed by atoms with E-state index in [1.54, 1.807) is 0 Å². The molecule has 20 heavy (non-hydrogen) atoms. The van der Waals surface area contributed by atoms with E-state index in [9.17, 15) is 5.26 Å². The molecule has 0 aromatic carbocycles. The van der Waals surface area contributed by atoms with Crippen LogP contribution in [0.25, 0.3) is 0 Å². The standard InChI is InChI=1S/C16H26N4/c1-3-4-5-9-20-14(11-17)10-15(18)16(20)19-8-6-7-13(2)12-19/h10,13H,3-9,12,18H2,1-2H3/t13-/m1/s1. The molecule has 1 aliphatic heterocycles. The van der Waals surface area contributed by atoms with Gasteiger partial charge >= 0.3 is 0 Å². The summed E-state index contributed by atoms with van der Waals surface area (Å²) in [6.45, 7) is 7.48. The zero-order valence-corrected chi connectivity index (χ0v) is 12.7. The topological polar surface area (TPSA) is 58.0 Å². The minimum Gasteiger partial charge on any atom is -0.396 e. The molecule has 0 aliphatic carbocycles. The van der Waals surface area contributed by atoms with E-state index in [-0.39, 0.29) is 0 Å². The molecule has 0 saturated carbocycles. The highest BCUT2D eigenvalue weighted by Crippen LogP contribution is 2.31. The van der Waals surface area contributed by atoms with Gasteiger partial charge in [0.2, 0.25) is 0 Å². The second-order valence-electron chi connectivity index (χ2n) is 5.97. The normalized spacial score (nSPS) is 19.1. The largest absolute Gasteiger partial charge is 0.396 e. The second kappa shape index (κ2) is 6.69. The summed E-state index contributed by atoms with van der Waals surface area (Å²) in [6, 6.07) is 4.12. The van der Waals surface area contributed by atoms with Gasteiger partial charge in [-0.15, -0.1) is 0 Å². The van der Waals surface area contributed by atoms with Crippen LogP contribution in [0.3, 0.4) is 0 Å². The molecule has 2 N–H and O–H groups in total. The average Bonchev–Trinajstić information content (AvgIpc) is 2.75. The molecule has 0 bridgehead atoms. The van der Waals surface area contributed by atoms with E-state index in [4.69, 9.17) is 5.73 Å². The molecule has 1 aliphatic rings. The van der Waals surface area contributed by atoms with E-state index < -0.39 is 0 Å². The van der Waals surface area contributed by atoms with Crippen molar-refractivity contribution < 1.29 is 0 Å². The van der Waals surface area contributed by atoms with Crippen LogP contribution in [0.4, 0.5) is 11.5 Å². The van der Waals surface area contributed by atoms with Crippen molar-refractivity contribution in [3.63, 3.8) is 0 Å². The fraction of sp³-hybridized carbons (Fsp3) is 0.688. The number of aromatic nitrogens is 1. The first-order valence-corrected chi connectivity index (χ1v) is 7.81. The smallest absolute Gasteiger partial charge is 0.133 e. The lowest BCUT2D eigenvalue weighted by Gasteiger charge is -2.34. The van der Waals surface area contributed by atoms with Gasteiger partial charge in [-0.25, -0.2) is 0 Å². The van der Waals surface area contributed by atoms with Crippen LogP contribution >= 0.6 is 0 Å². The van der Waals surface area contributed by atoms with Crippen LogP contribution in [-0.2, 0) is 6.54 Å². The van der Waals surface area contributed by atoms with E-state index in [0.717, 1.165) is 37.6 Å². The summed E-state index contributed by atoms with van der Waals surface area (Å²) < 4.78 is 2.13. The monoisotopic (exact) mass is 274 g/mol. The quantitative estimate of drug-likeness (QED) is 0.837. The Morgan fingerprint density at radius 1 is 1.45 bits per heavy atom. The molecule has 0 unspecified atom stereocenters. The Balaban J connectivity index is 2.25. The number of nitriles is 1. The number of nitrogens with zero attached hydrogens (tertiary/aromatic N) is 3. The number of rotatable bonds is 5. The van der Waals surface area contributed by atoms with Crippen molar-refractivity contribution in [2.45, 2.75) is 52.5 Å². The van der Waals surface area contributed by atoms with Gasteiger partial charge < -0.3 is 15.2 Å². The Labute approximate surface area is 122 Å². The van der Waals surface area contributed by atoms with Crippen LogP contribution in [0.1, 0.15) is 51.6 Å². The van der Waals surface area contributed by atoms with Crippen LogP contribution in [0.15, 0.2) is 6.07 Å². The number of piperidine rings is 1. The third kappa shape index (κ3) is 3.09. The zero-order valence-electron chi connectivity index (χ0n) is 12.7. The maximum Gasteiger partial charge on any atom is 0.133 e. The molecule has 4 nitrogen and oxygen atoms in total. The van der Waals surface area contributed by atoms with Crippen molar-refractivity contribution in [2.24, 2.45) is 5.92 Å². The van der Waals surface area contributed by atoms with Crippen molar-refractivity contribution in [1.82, 2.24) is 4.57 Å². The van der Waals surface area contributed by atoms with Crippen LogP contribution in [-0.4, -0.2) is 17.7 Å². The highest BCUT2D eigenvalue weighted by atomic mass is 15.3. The van der Waals surface area contributed by atoms with Crippen molar-refractivity contribution in [3.05, 3.63) is 11.8 Å². The summed E-state index contributed by atoms with van der Waals surface area (Å²) in [4.78, 5) is 2.37. The fourth-order valence-corrected chi connectivity index (χ4v) is 3.13. The van der Waals surface area contributed by atoms with Gasteiger partial charge in [-0.3, -0.25) is 0 Å². The van der Waals surface area contributed by atoms with Gasteiger partial charge in [0.05, 0.1) is 5.69 Å². The lowest BCUT2D eigenvalue weighted by molar-refractivity contribution is 0.439. The summed E-state index contributed by atoms with van der Waals surface area (Å²) in [5, 5.41) is 9.32. The maximum absolute atomic E-state index is 9.32. The molecule has 110 valence electrons. The molecule has 1 aromatic rings. The zero-order chi connectivity index (χ0) is 14.5. The van der Waals surface area contributed by atoms with Gasteiger partial charge in [0.15, 0.2) is 0 Å². The molecule has 1 aromatic heterocycles. The summed E-state index contributed by atoms with van der Waals surface area (Å²) in [7, 11) is 0. The van der Waals surface area contributed by atoms with E-state index in [2.05, 4.69) is 29.4 Å². The number of unbranched alkanes of at least 4 members (excludes halogenated alkanes) is 2. The Morgan fingerprint density at radius 2 is 2.25 bits per heavy atom. The molecule has 0 amide bonds. The van der Waals surface area contributed by atoms with Crippen molar-refractivity contribution in [1.29, 1.82) is 5.26 Å². The Kier molecular flexibility index (Phi) is 4.94. The molecule has 4 heteroatoms. The minimum atomic E-state index is 0.701. The number of anilines is 2. The minimum absolute atomic E-state index is 0.701. The van der Waals surface area contributed by atoms with Gasteiger partial charge in [-0.1, -0.05) is 26.7 Å². The average molecular weight is 274 g/mol. The summed E-state index contributed by atoms with van der Waals surface area (Å²) in [6.07, 6.45) is 5.99. The molecule has 0 radical (unpaired) electrons. The molecule has 1 atom stereocenters. The van der Waals surface area contributed by atoms with Crippen molar-refractivity contribution >= 4 is 11.5 Å². The second-order valence-corrected chi connectivity index (χ2v) is 5.97. The Hall–Kier alpha value is -1.63. The lowest BCUT2D eigenvalue weighted by Crippen LogP contribution is -2.36. The number of nitrogen functional groups attached to an aromatic ring is 1. The van der Waals surface area contributed by atoms with Gasteiger partial charge in [-0.05, 0) is 31.2 Å². The van der Waals surface area contributed by atoms with E-state index in [0.29, 0.717) is 11.6 Å². The third-order valence-electron chi connectivity index (χ3n) is 4.15. The van der Waals surface area contributed by atoms with Crippen LogP contribution in [0.5, 0.6) is 0 Å². The van der Waals surface area contributed by atoms with Crippen molar-refractivity contribution in [3.8, 4) is 6.07 Å². The first-order valence-electron chi connectivity index (χ1n) is 7.81. The van der Waals surface area contributed by atoms with Gasteiger partial charge in [-0.2, -0.15) is 5.26 Å². The molecule has 2 rings (SSSR count). The summed E-state index contributed by atoms with van der Waals surface area (Å²) in [5.74, 6) is 1.77. The number of nitrogens with two attached hydrogens (primary N) is 1. The molecule has 2 heterocycles. The summed E-state index contributed by atoms with van der Waals surface area (Å²) in [5.41, 5.74) is 7.64. The van der Waals surface area contributed by atoms with Gasteiger partial charge in [0.1, 0.15) is 17.6 Å². The SMILES string of the molecule is CCCCCn1c(C#N)cc(N)c1N1CCC[C@@H](C)C1. The van der Waals surface area contributed by atoms with Crippen LogP contribution in [0, 0.1) is 17.2 Å². The first kappa shape index (κ1) is 14.8. The van der Waals surface area contributed by atoms with Crippen molar-refractivity contribution in [2.75, 3.05) is 23.7 Å². The van der Waals surface area contributed by atoms with Crippen LogP contribution < -0.4 is 10.6 Å². The predicted octanol–water partition coefficient (Wildman–Crippen LogP) is 3.37. The highest BCUT2D eigenvalue weighted by molar-refractivity contribution is 5.68. The third-order valence-corrected chi connectivity index (χ3v) is 4.15. The first-order chi connectivity index (χ1) is 9.67. The Morgan fingerprint density at radius 3 is 2.90 bits per heavy atom.